The number of carbonyl (C=O) groups is 1. The summed E-state index contributed by atoms with van der Waals surface area (Å²) in [5, 5.41) is 8.99. The normalized spacial score (nSPS) is 16.1. The van der Waals surface area contributed by atoms with Crippen LogP contribution in [0.25, 0.3) is 0 Å². The number of aryl methyl sites for hydroxylation is 1. The molecule has 1 N–H and O–H groups in total. The van der Waals surface area contributed by atoms with Crippen LogP contribution in [0.5, 0.6) is 0 Å². The highest BCUT2D eigenvalue weighted by Crippen LogP contribution is 2.26. The molecular weight excluding hydrogens is 268 g/mol. The molecule has 1 aromatic heterocycles. The Balaban J connectivity index is 2.17. The highest BCUT2D eigenvalue weighted by molar-refractivity contribution is 5.70. The third-order valence-corrected chi connectivity index (χ3v) is 4.59. The van der Waals surface area contributed by atoms with E-state index in [1.54, 1.807) is 11.5 Å². The highest BCUT2D eigenvalue weighted by Gasteiger charge is 2.17. The van der Waals surface area contributed by atoms with E-state index < -0.39 is 5.97 Å². The smallest absolute Gasteiger partial charge is 0.347 e. The molecule has 21 heavy (non-hydrogen) atoms. The van der Waals surface area contributed by atoms with E-state index in [0.717, 1.165) is 12.1 Å². The number of rotatable bonds is 5. The number of aromatic nitrogens is 2. The minimum atomic E-state index is -0.888. The molecule has 0 amide bonds. The summed E-state index contributed by atoms with van der Waals surface area (Å²) in [7, 11) is 0. The van der Waals surface area contributed by atoms with Crippen LogP contribution in [0.15, 0.2) is 4.79 Å². The molecule has 0 saturated heterocycles. The lowest BCUT2D eigenvalue weighted by atomic mass is 9.87. The van der Waals surface area contributed by atoms with Gasteiger partial charge in [0, 0.05) is 23.5 Å². The molecule has 0 bridgehead atoms. The Hall–Kier alpha value is -1.65. The fourth-order valence-corrected chi connectivity index (χ4v) is 3.30. The SMILES string of the molecule is Cc1nc(=O)n(CCC2CCCCC2)c(C)c1CC(=O)O. The molecule has 0 spiro atoms. The second kappa shape index (κ2) is 6.87. The monoisotopic (exact) mass is 292 g/mol. The lowest BCUT2D eigenvalue weighted by Crippen LogP contribution is -2.29. The van der Waals surface area contributed by atoms with Crippen molar-refractivity contribution in [3.05, 3.63) is 27.4 Å². The first kappa shape index (κ1) is 15.7. The van der Waals surface area contributed by atoms with Gasteiger partial charge in [0.2, 0.25) is 0 Å². The number of carboxylic acid groups (broad SMARTS) is 1. The minimum Gasteiger partial charge on any atom is -0.481 e. The van der Waals surface area contributed by atoms with Gasteiger partial charge in [0.25, 0.3) is 0 Å². The van der Waals surface area contributed by atoms with Crippen molar-refractivity contribution in [2.24, 2.45) is 5.92 Å². The van der Waals surface area contributed by atoms with E-state index in [9.17, 15) is 9.59 Å². The van der Waals surface area contributed by atoms with Gasteiger partial charge in [-0.1, -0.05) is 32.1 Å². The minimum absolute atomic E-state index is 0.0750. The van der Waals surface area contributed by atoms with Crippen molar-refractivity contribution in [3.8, 4) is 0 Å². The molecule has 5 nitrogen and oxygen atoms in total. The van der Waals surface area contributed by atoms with E-state index >= 15 is 0 Å². The molecule has 2 rings (SSSR count). The zero-order valence-electron chi connectivity index (χ0n) is 12.9. The Kier molecular flexibility index (Phi) is 5.15. The van der Waals surface area contributed by atoms with Crippen LogP contribution in [-0.2, 0) is 17.8 Å². The van der Waals surface area contributed by atoms with Crippen molar-refractivity contribution in [1.82, 2.24) is 9.55 Å². The average molecular weight is 292 g/mol. The van der Waals surface area contributed by atoms with Crippen LogP contribution < -0.4 is 5.69 Å². The Morgan fingerprint density at radius 3 is 2.57 bits per heavy atom. The van der Waals surface area contributed by atoms with Crippen LogP contribution in [0.3, 0.4) is 0 Å². The van der Waals surface area contributed by atoms with Gasteiger partial charge in [0.05, 0.1) is 6.42 Å². The summed E-state index contributed by atoms with van der Waals surface area (Å²) in [6, 6.07) is 0. The quantitative estimate of drug-likeness (QED) is 0.904. The Morgan fingerprint density at radius 2 is 1.95 bits per heavy atom. The summed E-state index contributed by atoms with van der Waals surface area (Å²) in [4.78, 5) is 27.0. The largest absolute Gasteiger partial charge is 0.481 e. The van der Waals surface area contributed by atoms with E-state index in [2.05, 4.69) is 4.98 Å². The number of hydrogen-bond donors (Lipinski definition) is 1. The van der Waals surface area contributed by atoms with Crippen molar-refractivity contribution in [2.45, 2.75) is 65.3 Å². The maximum Gasteiger partial charge on any atom is 0.347 e. The fraction of sp³-hybridized carbons (Fsp3) is 0.688. The van der Waals surface area contributed by atoms with E-state index in [-0.39, 0.29) is 12.1 Å². The molecule has 0 radical (unpaired) electrons. The molecule has 1 fully saturated rings. The summed E-state index contributed by atoms with van der Waals surface area (Å²) in [6.45, 7) is 4.18. The molecule has 0 aromatic carbocycles. The first-order chi connectivity index (χ1) is 9.99. The van der Waals surface area contributed by atoms with Crippen LogP contribution in [0.2, 0.25) is 0 Å². The molecule has 5 heteroatoms. The van der Waals surface area contributed by atoms with Crippen LogP contribution in [-0.4, -0.2) is 20.6 Å². The molecule has 0 unspecified atom stereocenters. The fourth-order valence-electron chi connectivity index (χ4n) is 3.30. The van der Waals surface area contributed by atoms with Crippen LogP contribution in [0.1, 0.15) is 55.5 Å². The zero-order valence-corrected chi connectivity index (χ0v) is 12.9. The van der Waals surface area contributed by atoms with Crippen molar-refractivity contribution >= 4 is 5.97 Å². The van der Waals surface area contributed by atoms with E-state index in [1.165, 1.54) is 32.1 Å². The van der Waals surface area contributed by atoms with Gasteiger partial charge in [-0.3, -0.25) is 9.36 Å². The third-order valence-electron chi connectivity index (χ3n) is 4.59. The van der Waals surface area contributed by atoms with E-state index in [4.69, 9.17) is 5.11 Å². The molecule has 1 aliphatic rings. The number of aliphatic carboxylic acids is 1. The Bertz CT molecular complexity index is 572. The molecule has 1 aromatic rings. The van der Waals surface area contributed by atoms with Gasteiger partial charge in [-0.05, 0) is 26.2 Å². The van der Waals surface area contributed by atoms with Crippen LogP contribution in [0, 0.1) is 19.8 Å². The Labute approximate surface area is 125 Å². The molecular formula is C16H24N2O3. The average Bonchev–Trinajstić information content (AvgIpc) is 2.44. The molecule has 116 valence electrons. The third kappa shape index (κ3) is 3.93. The maximum atomic E-state index is 12.1. The van der Waals surface area contributed by atoms with Crippen molar-refractivity contribution in [2.75, 3.05) is 0 Å². The summed E-state index contributed by atoms with van der Waals surface area (Å²) < 4.78 is 1.65. The highest BCUT2D eigenvalue weighted by atomic mass is 16.4. The Morgan fingerprint density at radius 1 is 1.29 bits per heavy atom. The van der Waals surface area contributed by atoms with Crippen molar-refractivity contribution in [1.29, 1.82) is 0 Å². The second-order valence-corrected chi connectivity index (χ2v) is 6.06. The second-order valence-electron chi connectivity index (χ2n) is 6.06. The lowest BCUT2D eigenvalue weighted by molar-refractivity contribution is -0.136. The summed E-state index contributed by atoms with van der Waals surface area (Å²) in [6.07, 6.45) is 7.30. The number of nitrogens with zero attached hydrogens (tertiary/aromatic N) is 2. The van der Waals surface area contributed by atoms with Crippen LogP contribution in [0.4, 0.5) is 0 Å². The molecule has 1 aliphatic carbocycles. The molecule has 0 aliphatic heterocycles. The number of hydrogen-bond acceptors (Lipinski definition) is 3. The topological polar surface area (TPSA) is 72.2 Å². The van der Waals surface area contributed by atoms with Crippen LogP contribution >= 0.6 is 0 Å². The van der Waals surface area contributed by atoms with Gasteiger partial charge in [-0.2, -0.15) is 4.98 Å². The van der Waals surface area contributed by atoms with Gasteiger partial charge in [0.15, 0.2) is 0 Å². The van der Waals surface area contributed by atoms with Gasteiger partial charge in [-0.25, -0.2) is 4.79 Å². The van der Waals surface area contributed by atoms with Gasteiger partial charge in [-0.15, -0.1) is 0 Å². The molecule has 1 heterocycles. The molecule has 0 atom stereocenters. The first-order valence-electron chi connectivity index (χ1n) is 7.77. The summed E-state index contributed by atoms with van der Waals surface area (Å²) >= 11 is 0. The maximum absolute atomic E-state index is 12.1. The van der Waals surface area contributed by atoms with Gasteiger partial charge >= 0.3 is 11.7 Å². The predicted octanol–water partition coefficient (Wildman–Crippen LogP) is 2.46. The molecule has 1 saturated carbocycles. The lowest BCUT2D eigenvalue weighted by Gasteiger charge is -2.22. The van der Waals surface area contributed by atoms with Crippen molar-refractivity contribution < 1.29 is 9.90 Å². The van der Waals surface area contributed by atoms with E-state index in [0.29, 0.717) is 23.7 Å². The summed E-state index contributed by atoms with van der Waals surface area (Å²) in [5.74, 6) is -0.199. The van der Waals surface area contributed by atoms with E-state index in [1.807, 2.05) is 6.92 Å². The predicted molar refractivity (Wildman–Crippen MR) is 80.5 cm³/mol. The zero-order chi connectivity index (χ0) is 15.4. The number of carboxylic acids is 1. The van der Waals surface area contributed by atoms with Gasteiger partial charge in [0.1, 0.15) is 0 Å². The van der Waals surface area contributed by atoms with Crippen molar-refractivity contribution in [3.63, 3.8) is 0 Å². The summed E-state index contributed by atoms with van der Waals surface area (Å²) in [5.41, 5.74) is 1.71. The standard InChI is InChI=1S/C16H24N2O3/c1-11-14(10-15(19)20)12(2)18(16(21)17-11)9-8-13-6-4-3-5-7-13/h13H,3-10H2,1-2H3,(H,19,20). The van der Waals surface area contributed by atoms with Gasteiger partial charge < -0.3 is 5.11 Å². The first-order valence-corrected chi connectivity index (χ1v) is 7.77.